The van der Waals surface area contributed by atoms with E-state index in [2.05, 4.69) is 0 Å². The summed E-state index contributed by atoms with van der Waals surface area (Å²) in [6.45, 7) is 0. The van der Waals surface area contributed by atoms with Crippen molar-refractivity contribution in [1.82, 2.24) is 0 Å². The lowest BCUT2D eigenvalue weighted by Gasteiger charge is -2.13. The second-order valence-corrected chi connectivity index (χ2v) is 6.67. The Balaban J connectivity index is 1.62. The molecule has 0 amide bonds. The van der Waals surface area contributed by atoms with Crippen molar-refractivity contribution in [2.75, 3.05) is 11.5 Å². The molecule has 4 aromatic carbocycles. The van der Waals surface area contributed by atoms with Gasteiger partial charge in [0, 0.05) is 22.4 Å². The Labute approximate surface area is 169 Å². The van der Waals surface area contributed by atoms with E-state index >= 15 is 0 Å². The number of hydrogen-bond acceptors (Lipinski definition) is 4. The molecule has 29 heavy (non-hydrogen) atoms. The summed E-state index contributed by atoms with van der Waals surface area (Å²) in [7, 11) is 0. The maximum Gasteiger partial charge on any atom is 0.193 e. The molecule has 0 aliphatic rings. The van der Waals surface area contributed by atoms with Crippen molar-refractivity contribution in [2.24, 2.45) is 0 Å². The molecule has 4 aromatic rings. The van der Waals surface area contributed by atoms with E-state index in [-0.39, 0.29) is 5.78 Å². The molecular formula is C25H20N2O2. The summed E-state index contributed by atoms with van der Waals surface area (Å²) in [5, 5.41) is 0. The lowest BCUT2D eigenvalue weighted by molar-refractivity contribution is 0.103. The number of benzene rings is 4. The number of anilines is 2. The zero-order valence-electron chi connectivity index (χ0n) is 15.7. The highest BCUT2D eigenvalue weighted by Gasteiger charge is 2.13. The largest absolute Gasteiger partial charge is 0.455 e. The monoisotopic (exact) mass is 380 g/mol. The lowest BCUT2D eigenvalue weighted by Crippen LogP contribution is -2.03. The molecule has 0 radical (unpaired) electrons. The molecule has 0 unspecified atom stereocenters. The minimum absolute atomic E-state index is 0.118. The van der Waals surface area contributed by atoms with Gasteiger partial charge in [0.2, 0.25) is 0 Å². The molecule has 0 aliphatic carbocycles. The number of hydrogen-bond donors (Lipinski definition) is 2. The first-order valence-electron chi connectivity index (χ1n) is 9.24. The van der Waals surface area contributed by atoms with Crippen molar-refractivity contribution in [3.8, 4) is 22.6 Å². The van der Waals surface area contributed by atoms with E-state index in [0.29, 0.717) is 34.0 Å². The van der Waals surface area contributed by atoms with Crippen LogP contribution in [-0.2, 0) is 0 Å². The van der Waals surface area contributed by atoms with Gasteiger partial charge in [-0.2, -0.15) is 0 Å². The van der Waals surface area contributed by atoms with E-state index in [4.69, 9.17) is 16.2 Å². The van der Waals surface area contributed by atoms with Crippen molar-refractivity contribution in [3.63, 3.8) is 0 Å². The Morgan fingerprint density at radius 3 is 2.03 bits per heavy atom. The summed E-state index contributed by atoms with van der Waals surface area (Å²) in [4.78, 5) is 12.7. The van der Waals surface area contributed by atoms with Crippen LogP contribution >= 0.6 is 0 Å². The molecule has 0 heterocycles. The van der Waals surface area contributed by atoms with Gasteiger partial charge in [0.05, 0.1) is 5.69 Å². The highest BCUT2D eigenvalue weighted by molar-refractivity contribution is 6.09. The third-order valence-electron chi connectivity index (χ3n) is 4.64. The van der Waals surface area contributed by atoms with E-state index < -0.39 is 0 Å². The number of carbonyl (C=O) groups excluding carboxylic acids is 1. The number of ketones is 1. The SMILES string of the molecule is Nc1ccc(C(=O)c2ccc(Oc3ccccc3-c3ccccc3)c(N)c2)cc1. The number of para-hydroxylation sites is 1. The summed E-state index contributed by atoms with van der Waals surface area (Å²) in [6, 6.07) is 29.7. The Bertz CT molecular complexity index is 1150. The van der Waals surface area contributed by atoms with Crippen LogP contribution in [0.3, 0.4) is 0 Å². The molecule has 4 rings (SSSR count). The molecule has 4 nitrogen and oxygen atoms in total. The molecule has 0 aliphatic heterocycles. The van der Waals surface area contributed by atoms with Gasteiger partial charge >= 0.3 is 0 Å². The molecule has 0 saturated carbocycles. The number of rotatable bonds is 5. The fourth-order valence-electron chi connectivity index (χ4n) is 3.11. The molecule has 0 atom stereocenters. The van der Waals surface area contributed by atoms with Crippen LogP contribution in [0.5, 0.6) is 11.5 Å². The van der Waals surface area contributed by atoms with Gasteiger partial charge in [0.25, 0.3) is 0 Å². The molecule has 0 fully saturated rings. The van der Waals surface area contributed by atoms with Crippen molar-refractivity contribution in [3.05, 3.63) is 108 Å². The van der Waals surface area contributed by atoms with Crippen molar-refractivity contribution < 1.29 is 9.53 Å². The van der Waals surface area contributed by atoms with E-state index in [1.54, 1.807) is 42.5 Å². The highest BCUT2D eigenvalue weighted by atomic mass is 16.5. The third-order valence-corrected chi connectivity index (χ3v) is 4.64. The average molecular weight is 380 g/mol. The van der Waals surface area contributed by atoms with Gasteiger partial charge in [-0.25, -0.2) is 0 Å². The zero-order valence-corrected chi connectivity index (χ0v) is 15.7. The number of nitrogen functional groups attached to an aromatic ring is 2. The summed E-state index contributed by atoms with van der Waals surface area (Å²) in [5.41, 5.74) is 16.0. The maximum absolute atomic E-state index is 12.7. The van der Waals surface area contributed by atoms with E-state index in [1.165, 1.54) is 0 Å². The van der Waals surface area contributed by atoms with E-state index in [9.17, 15) is 4.79 Å². The van der Waals surface area contributed by atoms with E-state index in [0.717, 1.165) is 11.1 Å². The van der Waals surface area contributed by atoms with Gasteiger partial charge in [0.15, 0.2) is 5.78 Å². The topological polar surface area (TPSA) is 78.3 Å². The number of ether oxygens (including phenoxy) is 1. The maximum atomic E-state index is 12.7. The third kappa shape index (κ3) is 3.96. The van der Waals surface area contributed by atoms with E-state index in [1.807, 2.05) is 54.6 Å². The Morgan fingerprint density at radius 2 is 1.31 bits per heavy atom. The van der Waals surface area contributed by atoms with Crippen LogP contribution in [0.1, 0.15) is 15.9 Å². The molecule has 0 spiro atoms. The molecular weight excluding hydrogens is 360 g/mol. The molecule has 0 aromatic heterocycles. The Hall–Kier alpha value is -4.05. The average Bonchev–Trinajstić information content (AvgIpc) is 2.76. The van der Waals surface area contributed by atoms with Crippen molar-refractivity contribution in [2.45, 2.75) is 0 Å². The smallest absolute Gasteiger partial charge is 0.193 e. The predicted octanol–water partition coefficient (Wildman–Crippen LogP) is 5.54. The highest BCUT2D eigenvalue weighted by Crippen LogP contribution is 2.35. The number of carbonyl (C=O) groups is 1. The normalized spacial score (nSPS) is 10.5. The fourth-order valence-corrected chi connectivity index (χ4v) is 3.11. The van der Waals surface area contributed by atoms with Gasteiger partial charge in [-0.05, 0) is 54.1 Å². The van der Waals surface area contributed by atoms with Crippen LogP contribution in [0, 0.1) is 0 Å². The van der Waals surface area contributed by atoms with Gasteiger partial charge in [-0.3, -0.25) is 4.79 Å². The molecule has 0 bridgehead atoms. The van der Waals surface area contributed by atoms with Crippen LogP contribution in [0.2, 0.25) is 0 Å². The van der Waals surface area contributed by atoms with Crippen LogP contribution in [-0.4, -0.2) is 5.78 Å². The minimum atomic E-state index is -0.118. The van der Waals surface area contributed by atoms with Crippen molar-refractivity contribution >= 4 is 17.2 Å². The summed E-state index contributed by atoms with van der Waals surface area (Å²) in [5.74, 6) is 1.08. The fraction of sp³-hybridized carbons (Fsp3) is 0. The Kier molecular flexibility index (Phi) is 4.99. The van der Waals surface area contributed by atoms with Gasteiger partial charge < -0.3 is 16.2 Å². The lowest BCUT2D eigenvalue weighted by atomic mass is 10.0. The standard InChI is InChI=1S/C25H20N2O2/c26-20-13-10-18(11-14-20)25(28)19-12-15-24(22(27)16-19)29-23-9-5-4-8-21(23)17-6-2-1-3-7-17/h1-16H,26-27H2. The summed E-state index contributed by atoms with van der Waals surface area (Å²) < 4.78 is 6.10. The van der Waals surface area contributed by atoms with Crippen LogP contribution in [0.15, 0.2) is 97.1 Å². The van der Waals surface area contributed by atoms with Crippen LogP contribution in [0.4, 0.5) is 11.4 Å². The minimum Gasteiger partial charge on any atom is -0.455 e. The zero-order chi connectivity index (χ0) is 20.2. The van der Waals surface area contributed by atoms with Gasteiger partial charge in [-0.1, -0.05) is 48.5 Å². The van der Waals surface area contributed by atoms with Crippen molar-refractivity contribution in [1.29, 1.82) is 0 Å². The molecule has 4 heteroatoms. The van der Waals surface area contributed by atoms with Gasteiger partial charge in [-0.15, -0.1) is 0 Å². The molecule has 0 saturated heterocycles. The molecule has 142 valence electrons. The van der Waals surface area contributed by atoms with Crippen LogP contribution in [0.25, 0.3) is 11.1 Å². The van der Waals surface area contributed by atoms with Gasteiger partial charge in [0.1, 0.15) is 11.5 Å². The quantitative estimate of drug-likeness (QED) is 0.352. The first-order chi connectivity index (χ1) is 14.1. The Morgan fingerprint density at radius 1 is 0.655 bits per heavy atom. The summed E-state index contributed by atoms with van der Waals surface area (Å²) in [6.07, 6.45) is 0. The first kappa shape index (κ1) is 18.3. The second kappa shape index (κ2) is 7.90. The first-order valence-corrected chi connectivity index (χ1v) is 9.24. The molecule has 4 N–H and O–H groups in total. The van der Waals surface area contributed by atoms with Crippen LogP contribution < -0.4 is 16.2 Å². The second-order valence-electron chi connectivity index (χ2n) is 6.67. The summed E-state index contributed by atoms with van der Waals surface area (Å²) >= 11 is 0. The predicted molar refractivity (Wildman–Crippen MR) is 117 cm³/mol. The number of nitrogens with two attached hydrogens (primary N) is 2.